The third-order valence-corrected chi connectivity index (χ3v) is 3.43. The van der Waals surface area contributed by atoms with Gasteiger partial charge in [0.15, 0.2) is 0 Å². The van der Waals surface area contributed by atoms with Gasteiger partial charge in [0.25, 0.3) is 0 Å². The zero-order valence-corrected chi connectivity index (χ0v) is 15.9. The van der Waals surface area contributed by atoms with Gasteiger partial charge >= 0.3 is 18.2 Å². The number of nitrogens with one attached hydrogen (secondary N) is 2. The van der Waals surface area contributed by atoms with Crippen LogP contribution in [0.1, 0.15) is 38.8 Å². The van der Waals surface area contributed by atoms with Gasteiger partial charge < -0.3 is 20.1 Å². The lowest BCUT2D eigenvalue weighted by Gasteiger charge is -2.29. The molecule has 0 aliphatic rings. The third kappa shape index (κ3) is 7.34. The first-order valence-corrected chi connectivity index (χ1v) is 8.25. The van der Waals surface area contributed by atoms with Crippen molar-refractivity contribution < 1.29 is 32.2 Å². The molecule has 0 aliphatic heterocycles. The maximum atomic E-state index is 12.7. The Morgan fingerprint density at radius 1 is 1.14 bits per heavy atom. The van der Waals surface area contributed by atoms with Crippen LogP contribution in [0.15, 0.2) is 24.3 Å². The van der Waals surface area contributed by atoms with E-state index in [4.69, 9.17) is 14.7 Å². The summed E-state index contributed by atoms with van der Waals surface area (Å²) in [6, 6.07) is 5.31. The highest BCUT2D eigenvalue weighted by molar-refractivity contribution is 5.82. The second-order valence-electron chi connectivity index (χ2n) is 6.84. The predicted molar refractivity (Wildman–Crippen MR) is 93.3 cm³/mol. The number of rotatable bonds is 6. The number of benzene rings is 1. The van der Waals surface area contributed by atoms with Crippen LogP contribution >= 0.6 is 0 Å². The van der Waals surface area contributed by atoms with Crippen LogP contribution in [-0.4, -0.2) is 36.9 Å². The van der Waals surface area contributed by atoms with E-state index < -0.39 is 42.3 Å². The molecule has 7 nitrogen and oxygen atoms in total. The fourth-order valence-electron chi connectivity index (χ4n) is 2.26. The summed E-state index contributed by atoms with van der Waals surface area (Å²) in [6.45, 7) is 4.85. The molecule has 0 saturated carbocycles. The molecule has 1 aromatic carbocycles. The number of halogens is 3. The van der Waals surface area contributed by atoms with Crippen LogP contribution in [0, 0.1) is 11.3 Å². The molecule has 0 fully saturated rings. The third-order valence-electron chi connectivity index (χ3n) is 3.43. The Morgan fingerprint density at radius 2 is 1.71 bits per heavy atom. The smallest absolute Gasteiger partial charge is 0.471 e. The number of carbonyl (C=O) groups is 2. The highest BCUT2D eigenvalue weighted by Gasteiger charge is 2.41. The molecule has 0 aliphatic carbocycles. The topological polar surface area (TPSA) is 100 Å². The van der Waals surface area contributed by atoms with Crippen molar-refractivity contribution in [2.45, 2.75) is 51.1 Å². The van der Waals surface area contributed by atoms with Gasteiger partial charge in [0.1, 0.15) is 11.4 Å². The number of hydrogen-bond donors (Lipinski definition) is 2. The quantitative estimate of drug-likeness (QED) is 0.762. The van der Waals surface area contributed by atoms with Crippen LogP contribution in [0.25, 0.3) is 0 Å². The second-order valence-corrected chi connectivity index (χ2v) is 6.84. The van der Waals surface area contributed by atoms with E-state index in [0.29, 0.717) is 11.3 Å². The summed E-state index contributed by atoms with van der Waals surface area (Å²) >= 11 is 0. The van der Waals surface area contributed by atoms with Gasteiger partial charge in [-0.25, -0.2) is 4.79 Å². The number of ether oxygens (including phenoxy) is 2. The fourth-order valence-corrected chi connectivity index (χ4v) is 2.26. The molecule has 0 saturated heterocycles. The van der Waals surface area contributed by atoms with E-state index in [0.717, 1.165) is 0 Å². The van der Waals surface area contributed by atoms with Crippen LogP contribution in [-0.2, 0) is 9.53 Å². The molecular formula is C18H22F3N3O4. The molecule has 10 heteroatoms. The first kappa shape index (κ1) is 23.1. The average Bonchev–Trinajstić information content (AvgIpc) is 2.57. The number of nitrogens with zero attached hydrogens (tertiary/aromatic N) is 1. The molecule has 0 heterocycles. The number of methoxy groups -OCH3 is 1. The van der Waals surface area contributed by atoms with Crippen molar-refractivity contribution in [1.29, 1.82) is 5.26 Å². The Morgan fingerprint density at radius 3 is 2.14 bits per heavy atom. The summed E-state index contributed by atoms with van der Waals surface area (Å²) in [5.41, 5.74) is -0.497. The van der Waals surface area contributed by atoms with Crippen LogP contribution in [0.5, 0.6) is 5.75 Å². The summed E-state index contributed by atoms with van der Waals surface area (Å²) in [5, 5.41) is 13.2. The first-order chi connectivity index (χ1) is 12.9. The minimum absolute atomic E-state index is 0.356. The van der Waals surface area contributed by atoms with E-state index in [2.05, 4.69) is 5.32 Å². The Balaban J connectivity index is 3.21. The van der Waals surface area contributed by atoms with Gasteiger partial charge in [0.05, 0.1) is 31.7 Å². The molecule has 0 spiro atoms. The highest BCUT2D eigenvalue weighted by Crippen LogP contribution is 2.24. The van der Waals surface area contributed by atoms with Crippen LogP contribution in [0.3, 0.4) is 0 Å². The van der Waals surface area contributed by atoms with Crippen molar-refractivity contribution in [3.63, 3.8) is 0 Å². The van der Waals surface area contributed by atoms with Crippen LogP contribution in [0.2, 0.25) is 0 Å². The van der Waals surface area contributed by atoms with Gasteiger partial charge in [-0.15, -0.1) is 0 Å². The molecule has 2 atom stereocenters. The normalized spacial score (nSPS) is 13.6. The monoisotopic (exact) mass is 401 g/mol. The van der Waals surface area contributed by atoms with Crippen LogP contribution < -0.4 is 15.4 Å². The van der Waals surface area contributed by atoms with Gasteiger partial charge in [0, 0.05) is 0 Å². The van der Waals surface area contributed by atoms with Gasteiger partial charge in [-0.05, 0) is 38.5 Å². The molecule has 0 radical (unpaired) electrons. The summed E-state index contributed by atoms with van der Waals surface area (Å²) in [5.74, 6) is -1.73. The molecule has 28 heavy (non-hydrogen) atoms. The summed E-state index contributed by atoms with van der Waals surface area (Å²) in [7, 11) is 1.44. The maximum Gasteiger partial charge on any atom is 0.471 e. The van der Waals surface area contributed by atoms with Gasteiger partial charge in [0.2, 0.25) is 0 Å². The van der Waals surface area contributed by atoms with Crippen molar-refractivity contribution >= 4 is 12.0 Å². The maximum absolute atomic E-state index is 12.7. The standard InChI is InChI=1S/C18H22F3N3O4/c1-17(2,3)28-16(26)24-14(11-5-7-12(27-4)8-6-11)13(9-10-22)23-15(25)18(19,20)21/h5-8,13-14H,9H2,1-4H3,(H,23,25)(H,24,26)/t13-,14+/m0/s1. The van der Waals surface area contributed by atoms with Crippen molar-refractivity contribution in [2.24, 2.45) is 0 Å². The lowest BCUT2D eigenvalue weighted by molar-refractivity contribution is -0.174. The summed E-state index contributed by atoms with van der Waals surface area (Å²) < 4.78 is 48.2. The minimum atomic E-state index is -5.13. The van der Waals surface area contributed by atoms with Crippen molar-refractivity contribution in [3.05, 3.63) is 29.8 Å². The summed E-state index contributed by atoms with van der Waals surface area (Å²) in [6.07, 6.45) is -6.52. The fraction of sp³-hybridized carbons (Fsp3) is 0.500. The predicted octanol–water partition coefficient (Wildman–Crippen LogP) is 3.22. The SMILES string of the molecule is COc1ccc([C@@H](NC(=O)OC(C)(C)C)[C@H](CC#N)NC(=O)C(F)(F)F)cc1. The number of nitriles is 1. The molecule has 0 bridgehead atoms. The molecule has 1 aromatic rings. The van der Waals surface area contributed by atoms with Gasteiger partial charge in [-0.1, -0.05) is 12.1 Å². The van der Waals surface area contributed by atoms with Crippen molar-refractivity contribution in [2.75, 3.05) is 7.11 Å². The Bertz CT molecular complexity index is 722. The van der Waals surface area contributed by atoms with E-state index in [1.807, 2.05) is 0 Å². The number of alkyl halides is 3. The largest absolute Gasteiger partial charge is 0.497 e. The van der Waals surface area contributed by atoms with E-state index in [-0.39, 0.29) is 0 Å². The Kier molecular flexibility index (Phi) is 7.67. The van der Waals surface area contributed by atoms with Gasteiger partial charge in [-0.2, -0.15) is 18.4 Å². The Labute approximate surface area is 160 Å². The van der Waals surface area contributed by atoms with Crippen molar-refractivity contribution in [3.8, 4) is 11.8 Å². The average molecular weight is 401 g/mol. The highest BCUT2D eigenvalue weighted by atomic mass is 19.4. The second kappa shape index (κ2) is 9.30. The van der Waals surface area contributed by atoms with E-state index >= 15 is 0 Å². The number of alkyl carbamates (subject to hydrolysis) is 1. The summed E-state index contributed by atoms with van der Waals surface area (Å²) in [4.78, 5) is 23.6. The van der Waals surface area contributed by atoms with E-state index in [1.165, 1.54) is 31.4 Å². The molecule has 0 aromatic heterocycles. The number of amides is 2. The zero-order valence-electron chi connectivity index (χ0n) is 15.9. The van der Waals surface area contributed by atoms with Gasteiger partial charge in [-0.3, -0.25) is 4.79 Å². The lowest BCUT2D eigenvalue weighted by Crippen LogP contribution is -2.50. The molecule has 2 N–H and O–H groups in total. The molecule has 2 amide bonds. The van der Waals surface area contributed by atoms with E-state index in [1.54, 1.807) is 32.2 Å². The first-order valence-electron chi connectivity index (χ1n) is 8.25. The lowest BCUT2D eigenvalue weighted by atomic mass is 9.97. The number of hydrogen-bond acceptors (Lipinski definition) is 5. The molecule has 1 rings (SSSR count). The molecular weight excluding hydrogens is 379 g/mol. The van der Waals surface area contributed by atoms with E-state index in [9.17, 15) is 22.8 Å². The molecule has 0 unspecified atom stereocenters. The minimum Gasteiger partial charge on any atom is -0.497 e. The zero-order chi connectivity index (χ0) is 21.5. The molecule has 154 valence electrons. The number of carbonyl (C=O) groups excluding carboxylic acids is 2. The van der Waals surface area contributed by atoms with Crippen molar-refractivity contribution in [1.82, 2.24) is 10.6 Å². The Hall–Kier alpha value is -2.96. The van der Waals surface area contributed by atoms with Crippen LogP contribution in [0.4, 0.5) is 18.0 Å².